The Balaban J connectivity index is 1.42. The molecule has 0 bridgehead atoms. The molecule has 0 aliphatic carbocycles. The van der Waals surface area contributed by atoms with Gasteiger partial charge in [0.15, 0.2) is 5.76 Å². The molecule has 0 aliphatic rings. The molecule has 7 nitrogen and oxygen atoms in total. The minimum absolute atomic E-state index is 0.138. The van der Waals surface area contributed by atoms with Crippen molar-refractivity contribution >= 4 is 45.0 Å². The number of carbonyl (C=O) groups excluding carboxylic acids is 3. The number of anilines is 2. The third-order valence-electron chi connectivity index (χ3n) is 3.92. The zero-order valence-corrected chi connectivity index (χ0v) is 16.9. The maximum atomic E-state index is 12.0. The fourth-order valence-electron chi connectivity index (χ4n) is 2.45. The topological polar surface area (TPSA) is 100 Å². The predicted octanol–water partition coefficient (Wildman–Crippen LogP) is 4.05. The summed E-state index contributed by atoms with van der Waals surface area (Å²) in [5.41, 5.74) is 1.69. The molecule has 0 saturated heterocycles. The number of amides is 3. The van der Waals surface area contributed by atoms with Crippen LogP contribution in [0.3, 0.4) is 0 Å². The fraction of sp³-hybridized carbons (Fsp3) is 0.0952. The van der Waals surface area contributed by atoms with Crippen LogP contribution in [0.15, 0.2) is 75.8 Å². The van der Waals surface area contributed by atoms with Crippen molar-refractivity contribution in [1.29, 1.82) is 0 Å². The van der Waals surface area contributed by atoms with Crippen LogP contribution in [0.25, 0.3) is 0 Å². The van der Waals surface area contributed by atoms with Gasteiger partial charge < -0.3 is 20.4 Å². The Bertz CT molecular complexity index is 984. The number of hydrogen-bond donors (Lipinski definition) is 3. The minimum Gasteiger partial charge on any atom is -0.459 e. The van der Waals surface area contributed by atoms with Crippen LogP contribution in [0.2, 0.25) is 0 Å². The maximum absolute atomic E-state index is 12.0. The SMILES string of the molecule is O=C(CCNC(=O)c1ccc(Br)cc1)Nc1ccc(NC(=O)c2ccco2)cc1. The van der Waals surface area contributed by atoms with Gasteiger partial charge in [0.1, 0.15) is 0 Å². The van der Waals surface area contributed by atoms with Gasteiger partial charge in [-0.1, -0.05) is 15.9 Å². The van der Waals surface area contributed by atoms with Crippen LogP contribution in [0.1, 0.15) is 27.3 Å². The Morgan fingerprint density at radius 1 is 0.828 bits per heavy atom. The maximum Gasteiger partial charge on any atom is 0.291 e. The first-order valence-corrected chi connectivity index (χ1v) is 9.59. The molecular formula is C21H18BrN3O4. The minimum atomic E-state index is -0.353. The van der Waals surface area contributed by atoms with Crippen molar-refractivity contribution in [2.75, 3.05) is 17.2 Å². The average molecular weight is 456 g/mol. The van der Waals surface area contributed by atoms with Gasteiger partial charge in [-0.15, -0.1) is 0 Å². The second kappa shape index (κ2) is 9.70. The van der Waals surface area contributed by atoms with Crippen molar-refractivity contribution < 1.29 is 18.8 Å². The Morgan fingerprint density at radius 3 is 2.10 bits per heavy atom. The third kappa shape index (κ3) is 6.05. The molecule has 0 radical (unpaired) electrons. The van der Waals surface area contributed by atoms with Crippen LogP contribution in [-0.2, 0) is 4.79 Å². The molecule has 3 amide bonds. The lowest BCUT2D eigenvalue weighted by Crippen LogP contribution is -2.27. The summed E-state index contributed by atoms with van der Waals surface area (Å²) in [4.78, 5) is 36.0. The van der Waals surface area contributed by atoms with E-state index in [2.05, 4.69) is 31.9 Å². The molecule has 0 aliphatic heterocycles. The zero-order valence-electron chi connectivity index (χ0n) is 15.3. The Labute approximate surface area is 175 Å². The number of nitrogens with one attached hydrogen (secondary N) is 3. The van der Waals surface area contributed by atoms with Gasteiger partial charge in [0.25, 0.3) is 11.8 Å². The summed E-state index contributed by atoms with van der Waals surface area (Å²) in [6.07, 6.45) is 1.56. The van der Waals surface area contributed by atoms with E-state index in [4.69, 9.17) is 4.42 Å². The summed E-state index contributed by atoms with van der Waals surface area (Å²) >= 11 is 3.31. The predicted molar refractivity (Wildman–Crippen MR) is 113 cm³/mol. The smallest absolute Gasteiger partial charge is 0.291 e. The largest absolute Gasteiger partial charge is 0.459 e. The molecule has 2 aromatic carbocycles. The van der Waals surface area contributed by atoms with E-state index in [0.29, 0.717) is 16.9 Å². The molecule has 3 aromatic rings. The number of benzene rings is 2. The van der Waals surface area contributed by atoms with Gasteiger partial charge in [-0.3, -0.25) is 14.4 Å². The van der Waals surface area contributed by atoms with Gasteiger partial charge in [-0.05, 0) is 60.7 Å². The van der Waals surface area contributed by atoms with Crippen LogP contribution in [0.5, 0.6) is 0 Å². The number of hydrogen-bond acceptors (Lipinski definition) is 4. The highest BCUT2D eigenvalue weighted by Crippen LogP contribution is 2.15. The van der Waals surface area contributed by atoms with Crippen LogP contribution >= 0.6 is 15.9 Å². The first-order chi connectivity index (χ1) is 14.0. The van der Waals surface area contributed by atoms with Crippen molar-refractivity contribution in [3.8, 4) is 0 Å². The van der Waals surface area contributed by atoms with Crippen LogP contribution < -0.4 is 16.0 Å². The van der Waals surface area contributed by atoms with Gasteiger partial charge in [-0.25, -0.2) is 0 Å². The van der Waals surface area contributed by atoms with E-state index in [1.807, 2.05) is 0 Å². The first kappa shape index (κ1) is 20.3. The second-order valence-corrected chi connectivity index (χ2v) is 6.99. The molecule has 0 spiro atoms. The van der Waals surface area contributed by atoms with Gasteiger partial charge in [0, 0.05) is 34.4 Å². The molecule has 0 fully saturated rings. The van der Waals surface area contributed by atoms with E-state index in [0.717, 1.165) is 4.47 Å². The summed E-state index contributed by atoms with van der Waals surface area (Å²) in [6.45, 7) is 0.220. The van der Waals surface area contributed by atoms with Gasteiger partial charge >= 0.3 is 0 Å². The number of carbonyl (C=O) groups is 3. The van der Waals surface area contributed by atoms with Crippen LogP contribution in [-0.4, -0.2) is 24.3 Å². The van der Waals surface area contributed by atoms with E-state index in [1.54, 1.807) is 60.7 Å². The highest BCUT2D eigenvalue weighted by Gasteiger charge is 2.09. The lowest BCUT2D eigenvalue weighted by molar-refractivity contribution is -0.116. The molecular weight excluding hydrogens is 438 g/mol. The van der Waals surface area contributed by atoms with Crippen LogP contribution in [0, 0.1) is 0 Å². The lowest BCUT2D eigenvalue weighted by Gasteiger charge is -2.08. The summed E-state index contributed by atoms with van der Waals surface area (Å²) in [7, 11) is 0. The van der Waals surface area contributed by atoms with Crippen molar-refractivity contribution in [2.45, 2.75) is 6.42 Å². The van der Waals surface area contributed by atoms with Crippen LogP contribution in [0.4, 0.5) is 11.4 Å². The van der Waals surface area contributed by atoms with Crippen molar-refractivity contribution in [3.63, 3.8) is 0 Å². The molecule has 1 aromatic heterocycles. The Kier molecular flexibility index (Phi) is 6.80. The highest BCUT2D eigenvalue weighted by molar-refractivity contribution is 9.10. The summed E-state index contributed by atoms with van der Waals surface area (Å²) < 4.78 is 5.92. The normalized spacial score (nSPS) is 10.2. The summed E-state index contributed by atoms with van der Waals surface area (Å²) in [5.74, 6) is -0.601. The third-order valence-corrected chi connectivity index (χ3v) is 4.44. The van der Waals surface area contributed by atoms with Crippen molar-refractivity contribution in [2.24, 2.45) is 0 Å². The van der Waals surface area contributed by atoms with E-state index in [1.165, 1.54) is 6.26 Å². The molecule has 148 valence electrons. The molecule has 0 atom stereocenters. The second-order valence-electron chi connectivity index (χ2n) is 6.07. The van der Waals surface area contributed by atoms with Gasteiger partial charge in [0.2, 0.25) is 5.91 Å². The lowest BCUT2D eigenvalue weighted by atomic mass is 10.2. The van der Waals surface area contributed by atoms with E-state index >= 15 is 0 Å². The Hall–Kier alpha value is -3.39. The number of halogens is 1. The van der Waals surface area contributed by atoms with E-state index in [9.17, 15) is 14.4 Å². The van der Waals surface area contributed by atoms with E-state index in [-0.39, 0.29) is 36.4 Å². The fourth-order valence-corrected chi connectivity index (χ4v) is 2.72. The standard InChI is InChI=1S/C21H18BrN3O4/c22-15-5-3-14(4-6-15)20(27)23-12-11-19(26)24-16-7-9-17(10-8-16)25-21(28)18-2-1-13-29-18/h1-10,13H,11-12H2,(H,23,27)(H,24,26)(H,25,28). The van der Waals surface area contributed by atoms with Crippen molar-refractivity contribution in [3.05, 3.63) is 82.7 Å². The monoisotopic (exact) mass is 455 g/mol. The average Bonchev–Trinajstić information content (AvgIpc) is 3.25. The number of furan rings is 1. The Morgan fingerprint density at radius 2 is 1.48 bits per heavy atom. The summed E-state index contributed by atoms with van der Waals surface area (Å²) in [6, 6.07) is 16.9. The number of rotatable bonds is 7. The summed E-state index contributed by atoms with van der Waals surface area (Å²) in [5, 5.41) is 8.15. The zero-order chi connectivity index (χ0) is 20.6. The van der Waals surface area contributed by atoms with Crippen molar-refractivity contribution in [1.82, 2.24) is 5.32 Å². The molecule has 0 unspecified atom stereocenters. The highest BCUT2D eigenvalue weighted by atomic mass is 79.9. The molecule has 3 N–H and O–H groups in total. The molecule has 8 heteroatoms. The molecule has 3 rings (SSSR count). The van der Waals surface area contributed by atoms with Gasteiger partial charge in [0.05, 0.1) is 6.26 Å². The molecule has 29 heavy (non-hydrogen) atoms. The van der Waals surface area contributed by atoms with E-state index < -0.39 is 0 Å². The quantitative estimate of drug-likeness (QED) is 0.500. The molecule has 1 heterocycles. The molecule has 0 saturated carbocycles. The first-order valence-electron chi connectivity index (χ1n) is 8.80. The van der Waals surface area contributed by atoms with Gasteiger partial charge in [-0.2, -0.15) is 0 Å².